The maximum Gasteiger partial charge on any atom is 0.309 e. The molecule has 1 aliphatic heterocycles. The predicted octanol–water partition coefficient (Wildman–Crippen LogP) is 4.45. The second kappa shape index (κ2) is 9.44. The lowest BCUT2D eigenvalue weighted by Gasteiger charge is -2.30. The zero-order valence-electron chi connectivity index (χ0n) is 17.5. The fraction of sp³-hybridized carbons (Fsp3) is 0.304. The fourth-order valence-electron chi connectivity index (χ4n) is 3.61. The van der Waals surface area contributed by atoms with Gasteiger partial charge in [-0.1, -0.05) is 29.8 Å². The predicted molar refractivity (Wildman–Crippen MR) is 119 cm³/mol. The van der Waals surface area contributed by atoms with Crippen molar-refractivity contribution in [1.29, 1.82) is 0 Å². The summed E-state index contributed by atoms with van der Waals surface area (Å²) in [4.78, 5) is 17.2. The van der Waals surface area contributed by atoms with Crippen LogP contribution in [0.5, 0.6) is 0 Å². The average Bonchev–Trinajstić information content (AvgIpc) is 3.19. The highest BCUT2D eigenvalue weighted by atomic mass is 35.5. The quantitative estimate of drug-likeness (QED) is 0.490. The summed E-state index contributed by atoms with van der Waals surface area (Å²) in [5, 5.41) is 0.476. The second-order valence-corrected chi connectivity index (χ2v) is 10.0. The van der Waals surface area contributed by atoms with Gasteiger partial charge in [0.2, 0.25) is 15.9 Å². The molecule has 7 nitrogen and oxygen atoms in total. The SMILES string of the molecule is Cc1oc(-c2ccccc2)nc1COC(=O)C1CCN(S(=O)(=O)c2ccc(Cl)cc2)CC1. The minimum absolute atomic E-state index is 0.0181. The van der Waals surface area contributed by atoms with Gasteiger partial charge in [0.05, 0.1) is 10.8 Å². The zero-order chi connectivity index (χ0) is 22.7. The molecule has 1 aromatic heterocycles. The average molecular weight is 475 g/mol. The molecule has 0 unspecified atom stereocenters. The third-order valence-corrected chi connectivity index (χ3v) is 7.67. The van der Waals surface area contributed by atoms with E-state index in [1.807, 2.05) is 30.3 Å². The first kappa shape index (κ1) is 22.5. The molecule has 1 saturated heterocycles. The second-order valence-electron chi connectivity index (χ2n) is 7.63. The number of aryl methyl sites for hydroxylation is 1. The Kier molecular flexibility index (Phi) is 6.64. The molecule has 32 heavy (non-hydrogen) atoms. The fourth-order valence-corrected chi connectivity index (χ4v) is 5.21. The topological polar surface area (TPSA) is 89.7 Å². The lowest BCUT2D eigenvalue weighted by molar-refractivity contribution is -0.151. The van der Waals surface area contributed by atoms with Gasteiger partial charge in [0.25, 0.3) is 0 Å². The van der Waals surface area contributed by atoms with E-state index < -0.39 is 10.0 Å². The van der Waals surface area contributed by atoms with Gasteiger partial charge in [-0.15, -0.1) is 0 Å². The molecule has 0 N–H and O–H groups in total. The van der Waals surface area contributed by atoms with Crippen molar-refractivity contribution in [2.24, 2.45) is 5.92 Å². The molecule has 0 spiro atoms. The first-order valence-electron chi connectivity index (χ1n) is 10.3. The molecule has 0 amide bonds. The number of aromatic nitrogens is 1. The number of carbonyl (C=O) groups is 1. The number of halogens is 1. The number of benzene rings is 2. The molecule has 9 heteroatoms. The van der Waals surface area contributed by atoms with E-state index >= 15 is 0 Å². The molecule has 0 radical (unpaired) electrons. The van der Waals surface area contributed by atoms with Gasteiger partial charge in [-0.3, -0.25) is 4.79 Å². The summed E-state index contributed by atoms with van der Waals surface area (Å²) < 4.78 is 38.1. The van der Waals surface area contributed by atoms with Crippen LogP contribution in [0.3, 0.4) is 0 Å². The molecule has 2 aromatic carbocycles. The summed E-state index contributed by atoms with van der Waals surface area (Å²) in [6.45, 7) is 2.31. The lowest BCUT2D eigenvalue weighted by Crippen LogP contribution is -2.40. The standard InChI is InChI=1S/C23H23ClN2O5S/c1-16-21(25-22(31-16)17-5-3-2-4-6-17)15-30-23(27)18-11-13-26(14-12-18)32(28,29)20-9-7-19(24)8-10-20/h2-10,18H,11-15H2,1H3. The maximum absolute atomic E-state index is 12.8. The van der Waals surface area contributed by atoms with Gasteiger partial charge < -0.3 is 9.15 Å². The summed E-state index contributed by atoms with van der Waals surface area (Å²) in [5.41, 5.74) is 1.42. The molecule has 0 bridgehead atoms. The van der Waals surface area contributed by atoms with Gasteiger partial charge in [0, 0.05) is 23.7 Å². The Hall–Kier alpha value is -2.68. The van der Waals surface area contributed by atoms with Crippen molar-refractivity contribution in [3.05, 3.63) is 71.1 Å². The van der Waals surface area contributed by atoms with Gasteiger partial charge in [0.1, 0.15) is 18.1 Å². The van der Waals surface area contributed by atoms with E-state index in [4.69, 9.17) is 20.8 Å². The Morgan fingerprint density at radius 2 is 1.78 bits per heavy atom. The van der Waals surface area contributed by atoms with Crippen molar-refractivity contribution in [2.45, 2.75) is 31.3 Å². The van der Waals surface area contributed by atoms with Crippen LogP contribution in [0, 0.1) is 12.8 Å². The number of esters is 1. The highest BCUT2D eigenvalue weighted by molar-refractivity contribution is 7.89. The lowest BCUT2D eigenvalue weighted by atomic mass is 9.98. The van der Waals surface area contributed by atoms with Gasteiger partial charge in [-0.25, -0.2) is 13.4 Å². The van der Waals surface area contributed by atoms with E-state index in [9.17, 15) is 13.2 Å². The molecule has 3 aromatic rings. The molecule has 0 atom stereocenters. The van der Waals surface area contributed by atoms with E-state index in [1.165, 1.54) is 16.4 Å². The third-order valence-electron chi connectivity index (χ3n) is 5.50. The zero-order valence-corrected chi connectivity index (χ0v) is 19.1. The highest BCUT2D eigenvalue weighted by Gasteiger charge is 2.33. The minimum Gasteiger partial charge on any atom is -0.459 e. The molecule has 168 valence electrons. The summed E-state index contributed by atoms with van der Waals surface area (Å²) >= 11 is 5.85. The van der Waals surface area contributed by atoms with Gasteiger partial charge in [-0.2, -0.15) is 4.31 Å². The molecule has 1 aliphatic rings. The number of hydrogen-bond donors (Lipinski definition) is 0. The van der Waals surface area contributed by atoms with Crippen LogP contribution < -0.4 is 0 Å². The number of oxazole rings is 1. The van der Waals surface area contributed by atoms with E-state index in [0.717, 1.165) is 5.56 Å². The molecular formula is C23H23ClN2O5S. The van der Waals surface area contributed by atoms with Crippen LogP contribution in [0.4, 0.5) is 0 Å². The summed E-state index contributed by atoms with van der Waals surface area (Å²) in [6.07, 6.45) is 0.803. The number of piperidine rings is 1. The first-order chi connectivity index (χ1) is 15.3. The normalized spacial score (nSPS) is 15.6. The van der Waals surface area contributed by atoms with Gasteiger partial charge >= 0.3 is 5.97 Å². The Labute approximate surface area is 192 Å². The van der Waals surface area contributed by atoms with Crippen molar-refractivity contribution >= 4 is 27.6 Å². The van der Waals surface area contributed by atoms with E-state index in [2.05, 4.69) is 4.98 Å². The van der Waals surface area contributed by atoms with E-state index in [0.29, 0.717) is 35.2 Å². The van der Waals surface area contributed by atoms with E-state index in [-0.39, 0.29) is 36.5 Å². The van der Waals surface area contributed by atoms with Crippen LogP contribution in [-0.2, 0) is 26.2 Å². The number of hydrogen-bond acceptors (Lipinski definition) is 6. The highest BCUT2D eigenvalue weighted by Crippen LogP contribution is 2.26. The van der Waals surface area contributed by atoms with Crippen LogP contribution in [-0.4, -0.2) is 36.8 Å². The molecule has 4 rings (SSSR count). The van der Waals surface area contributed by atoms with Crippen LogP contribution in [0.2, 0.25) is 5.02 Å². The molecule has 2 heterocycles. The van der Waals surface area contributed by atoms with E-state index in [1.54, 1.807) is 19.1 Å². The molecule has 1 fully saturated rings. The van der Waals surface area contributed by atoms with Crippen LogP contribution >= 0.6 is 11.6 Å². The monoisotopic (exact) mass is 474 g/mol. The third kappa shape index (κ3) is 4.87. The number of rotatable bonds is 6. The van der Waals surface area contributed by atoms with Crippen molar-refractivity contribution in [1.82, 2.24) is 9.29 Å². The smallest absolute Gasteiger partial charge is 0.309 e. The van der Waals surface area contributed by atoms with Crippen molar-refractivity contribution in [3.8, 4) is 11.5 Å². The summed E-state index contributed by atoms with van der Waals surface area (Å²) in [7, 11) is -3.61. The number of sulfonamides is 1. The van der Waals surface area contributed by atoms with Crippen molar-refractivity contribution in [2.75, 3.05) is 13.1 Å². The minimum atomic E-state index is -3.61. The summed E-state index contributed by atoms with van der Waals surface area (Å²) in [6, 6.07) is 15.6. The largest absolute Gasteiger partial charge is 0.459 e. The number of carbonyl (C=O) groups excluding carboxylic acids is 1. The van der Waals surface area contributed by atoms with Crippen LogP contribution in [0.1, 0.15) is 24.3 Å². The van der Waals surface area contributed by atoms with Crippen molar-refractivity contribution in [3.63, 3.8) is 0 Å². The number of ether oxygens (including phenoxy) is 1. The molecule has 0 saturated carbocycles. The molecular weight excluding hydrogens is 452 g/mol. The van der Waals surface area contributed by atoms with Crippen LogP contribution in [0.15, 0.2) is 63.9 Å². The van der Waals surface area contributed by atoms with Gasteiger partial charge in [-0.05, 0) is 56.2 Å². The Morgan fingerprint density at radius 3 is 2.44 bits per heavy atom. The first-order valence-corrected chi connectivity index (χ1v) is 12.1. The van der Waals surface area contributed by atoms with Crippen LogP contribution in [0.25, 0.3) is 11.5 Å². The van der Waals surface area contributed by atoms with Crippen molar-refractivity contribution < 1.29 is 22.4 Å². The maximum atomic E-state index is 12.8. The van der Waals surface area contributed by atoms with Gasteiger partial charge in [0.15, 0.2) is 0 Å². The molecule has 0 aliphatic carbocycles. The Morgan fingerprint density at radius 1 is 1.12 bits per heavy atom. The Balaban J connectivity index is 1.32. The Bertz CT molecular complexity index is 1180. The number of nitrogens with zero attached hydrogens (tertiary/aromatic N) is 2. The summed E-state index contributed by atoms with van der Waals surface area (Å²) in [5.74, 6) is 0.375.